The van der Waals surface area contributed by atoms with Crippen molar-refractivity contribution in [2.24, 2.45) is 0 Å². The first kappa shape index (κ1) is 21.4. The Hall–Kier alpha value is -4.47. The number of benzene rings is 1. The number of nitrogens with one attached hydrogen (secondary N) is 1. The maximum Gasteiger partial charge on any atom is 0.266 e. The van der Waals surface area contributed by atoms with E-state index in [-0.39, 0.29) is 29.1 Å². The van der Waals surface area contributed by atoms with Gasteiger partial charge in [-0.05, 0) is 30.7 Å². The van der Waals surface area contributed by atoms with E-state index in [9.17, 15) is 9.59 Å². The van der Waals surface area contributed by atoms with Crippen LogP contribution in [-0.4, -0.2) is 36.5 Å². The summed E-state index contributed by atoms with van der Waals surface area (Å²) >= 11 is 0. The normalized spacial score (nSPS) is 16.0. The highest BCUT2D eigenvalue weighted by atomic mass is 19.1. The van der Waals surface area contributed by atoms with Crippen LogP contribution in [0.1, 0.15) is 18.9 Å². The number of H-pyrrole nitrogens is 1. The molecule has 0 spiro atoms. The second-order valence-corrected chi connectivity index (χ2v) is 7.74. The van der Waals surface area contributed by atoms with Crippen molar-refractivity contribution in [2.75, 3.05) is 7.11 Å². The first-order chi connectivity index (χ1) is 16.6. The van der Waals surface area contributed by atoms with E-state index in [0.29, 0.717) is 12.1 Å². The minimum absolute atomic E-state index is 0.0147. The van der Waals surface area contributed by atoms with Gasteiger partial charge in [-0.1, -0.05) is 24.3 Å². The number of hydrogen-bond donors (Lipinski definition) is 1. The third-order valence-corrected chi connectivity index (χ3v) is 5.66. The molecule has 34 heavy (non-hydrogen) atoms. The van der Waals surface area contributed by atoms with Crippen molar-refractivity contribution in [2.45, 2.75) is 18.9 Å². The molecular weight excluding hydrogens is 439 g/mol. The summed E-state index contributed by atoms with van der Waals surface area (Å²) in [6, 6.07) is 12.0. The number of para-hydroxylation sites is 1. The van der Waals surface area contributed by atoms with Crippen LogP contribution in [0.5, 0.6) is 5.75 Å². The number of allylic oxidation sites excluding steroid dienone is 4. The molecule has 0 radical (unpaired) electrons. The Labute approximate surface area is 193 Å². The summed E-state index contributed by atoms with van der Waals surface area (Å²) in [7, 11) is 1.38. The monoisotopic (exact) mass is 460 g/mol. The number of aromatic amines is 1. The maximum atomic E-state index is 15.4. The van der Waals surface area contributed by atoms with Crippen LogP contribution in [0.25, 0.3) is 22.8 Å². The fourth-order valence-electron chi connectivity index (χ4n) is 4.00. The Morgan fingerprint density at radius 3 is 2.71 bits per heavy atom. The highest BCUT2D eigenvalue weighted by molar-refractivity contribution is 5.63. The van der Waals surface area contributed by atoms with Crippen molar-refractivity contribution in [3.8, 4) is 22.8 Å². The highest BCUT2D eigenvalue weighted by Crippen LogP contribution is 2.30. The smallest absolute Gasteiger partial charge is 0.266 e. The number of aromatic nitrogens is 6. The Morgan fingerprint density at radius 1 is 1.15 bits per heavy atom. The molecule has 172 valence electrons. The second kappa shape index (κ2) is 8.81. The van der Waals surface area contributed by atoms with Gasteiger partial charge in [-0.25, -0.2) is 18.4 Å². The Bertz CT molecular complexity index is 1510. The number of methoxy groups -OCH3 is 1. The molecule has 1 atom stereocenters. The van der Waals surface area contributed by atoms with Crippen LogP contribution >= 0.6 is 0 Å². The minimum Gasteiger partial charge on any atom is -0.491 e. The van der Waals surface area contributed by atoms with Crippen LogP contribution in [-0.2, 0) is 0 Å². The number of halogens is 1. The third-order valence-electron chi connectivity index (χ3n) is 5.66. The number of hydrogen-bond acceptors (Lipinski definition) is 5. The number of nitrogens with zero attached hydrogens (tertiary/aromatic N) is 5. The molecule has 5 rings (SSSR count). The second-order valence-electron chi connectivity index (χ2n) is 7.74. The van der Waals surface area contributed by atoms with Crippen LogP contribution in [0.2, 0.25) is 0 Å². The average Bonchev–Trinajstić information content (AvgIpc) is 3.46. The van der Waals surface area contributed by atoms with Crippen LogP contribution in [0, 0.1) is 0 Å². The molecule has 1 N–H and O–H groups in total. The van der Waals surface area contributed by atoms with E-state index in [1.165, 1.54) is 34.9 Å². The summed E-state index contributed by atoms with van der Waals surface area (Å²) in [5, 5.41) is 11.6. The summed E-state index contributed by atoms with van der Waals surface area (Å²) in [6.45, 7) is 0. The van der Waals surface area contributed by atoms with Gasteiger partial charge in [0, 0.05) is 18.7 Å². The zero-order chi connectivity index (χ0) is 23.7. The fourth-order valence-corrected chi connectivity index (χ4v) is 4.00. The fraction of sp³-hybridized carbons (Fsp3) is 0.167. The lowest BCUT2D eigenvalue weighted by atomic mass is 10.1. The van der Waals surface area contributed by atoms with E-state index < -0.39 is 17.3 Å². The quantitative estimate of drug-likeness (QED) is 0.493. The molecule has 0 amide bonds. The van der Waals surface area contributed by atoms with E-state index >= 15 is 4.39 Å². The van der Waals surface area contributed by atoms with Gasteiger partial charge >= 0.3 is 0 Å². The summed E-state index contributed by atoms with van der Waals surface area (Å²) in [5.41, 5.74) is 0.749. The van der Waals surface area contributed by atoms with Gasteiger partial charge in [0.1, 0.15) is 5.83 Å². The lowest BCUT2D eigenvalue weighted by Crippen LogP contribution is -2.22. The predicted octanol–water partition coefficient (Wildman–Crippen LogP) is 3.32. The molecule has 0 aliphatic heterocycles. The van der Waals surface area contributed by atoms with Crippen LogP contribution in [0.4, 0.5) is 4.39 Å². The van der Waals surface area contributed by atoms with Crippen LogP contribution in [0.15, 0.2) is 88.6 Å². The summed E-state index contributed by atoms with van der Waals surface area (Å²) in [5.74, 6) is -0.457. The lowest BCUT2D eigenvalue weighted by molar-refractivity contribution is 0.403. The van der Waals surface area contributed by atoms with Gasteiger partial charge in [-0.2, -0.15) is 10.2 Å². The molecule has 1 unspecified atom stereocenters. The molecule has 4 aromatic rings. The lowest BCUT2D eigenvalue weighted by Gasteiger charge is -2.15. The Kier molecular flexibility index (Phi) is 5.54. The highest BCUT2D eigenvalue weighted by Gasteiger charge is 2.23. The molecule has 0 fully saturated rings. The molecule has 0 bridgehead atoms. The van der Waals surface area contributed by atoms with Gasteiger partial charge in [-0.15, -0.1) is 0 Å². The van der Waals surface area contributed by atoms with Crippen LogP contribution in [0.3, 0.4) is 0 Å². The summed E-state index contributed by atoms with van der Waals surface area (Å²) < 4.78 is 25.0. The molecule has 1 aliphatic rings. The molecule has 9 nitrogen and oxygen atoms in total. The number of rotatable bonds is 5. The van der Waals surface area contributed by atoms with Crippen molar-refractivity contribution in [3.05, 3.63) is 99.6 Å². The zero-order valence-electron chi connectivity index (χ0n) is 18.3. The van der Waals surface area contributed by atoms with Crippen molar-refractivity contribution in [3.63, 3.8) is 0 Å². The SMILES string of the molecule is COc1cn(C2=C(F)CC(n3[nH]ccc3=O)CC=C2)nc(-c2ccnn2-c2ccccc2)c1=O. The van der Waals surface area contributed by atoms with E-state index in [0.717, 1.165) is 5.69 Å². The van der Waals surface area contributed by atoms with Crippen molar-refractivity contribution in [1.82, 2.24) is 29.3 Å². The molecule has 10 heteroatoms. The Morgan fingerprint density at radius 2 is 1.97 bits per heavy atom. The standard InChI is InChI=1S/C24H21FN6O3/c1-34-21-15-29(19-9-5-8-17(14-18(19)25)31-22(32)11-13-27-31)28-23(24(21)33)20-10-12-26-30(20)16-6-3-2-4-7-16/h2-7,9-13,15,17,27H,8,14H2,1H3. The topological polar surface area (TPSA) is 99.7 Å². The molecule has 0 saturated heterocycles. The van der Waals surface area contributed by atoms with Crippen molar-refractivity contribution < 1.29 is 9.13 Å². The van der Waals surface area contributed by atoms with E-state index in [4.69, 9.17) is 4.74 Å². The molecule has 3 heterocycles. The van der Waals surface area contributed by atoms with Gasteiger partial charge in [0.15, 0.2) is 11.4 Å². The largest absolute Gasteiger partial charge is 0.491 e. The molecule has 1 aliphatic carbocycles. The van der Waals surface area contributed by atoms with Gasteiger partial charge in [0.2, 0.25) is 0 Å². The minimum atomic E-state index is -0.471. The van der Waals surface area contributed by atoms with Crippen molar-refractivity contribution in [1.29, 1.82) is 0 Å². The first-order valence-electron chi connectivity index (χ1n) is 10.7. The van der Waals surface area contributed by atoms with Crippen molar-refractivity contribution >= 4 is 5.70 Å². The molecule has 0 saturated carbocycles. The molecule has 3 aromatic heterocycles. The Balaban J connectivity index is 1.62. The summed E-state index contributed by atoms with van der Waals surface area (Å²) in [6.07, 6.45) is 8.25. The summed E-state index contributed by atoms with van der Waals surface area (Å²) in [4.78, 5) is 25.1. The van der Waals surface area contributed by atoms with E-state index in [1.54, 1.807) is 29.1 Å². The van der Waals surface area contributed by atoms with Gasteiger partial charge < -0.3 is 9.84 Å². The number of ether oxygens (including phenoxy) is 1. The maximum absolute atomic E-state index is 15.4. The van der Waals surface area contributed by atoms with Gasteiger partial charge in [-0.3, -0.25) is 9.59 Å². The third kappa shape index (κ3) is 3.79. The van der Waals surface area contributed by atoms with E-state index in [1.807, 2.05) is 30.3 Å². The van der Waals surface area contributed by atoms with Gasteiger partial charge in [0.05, 0.1) is 42.6 Å². The predicted molar refractivity (Wildman–Crippen MR) is 124 cm³/mol. The van der Waals surface area contributed by atoms with Gasteiger partial charge in [0.25, 0.3) is 11.0 Å². The molecular formula is C24H21FN6O3. The van der Waals surface area contributed by atoms with E-state index in [2.05, 4.69) is 15.3 Å². The van der Waals surface area contributed by atoms with Crippen LogP contribution < -0.4 is 15.7 Å². The zero-order valence-corrected chi connectivity index (χ0v) is 18.3. The first-order valence-corrected chi connectivity index (χ1v) is 10.7. The average molecular weight is 460 g/mol. The molecule has 1 aromatic carbocycles.